The van der Waals surface area contributed by atoms with Crippen LogP contribution in [0, 0.1) is 0 Å². The highest BCUT2D eigenvalue weighted by Gasteiger charge is 2.41. The lowest BCUT2D eigenvalue weighted by molar-refractivity contribution is 1.17. The molecule has 0 unspecified atom stereocenters. The monoisotopic (exact) mass is 1010 g/mol. The van der Waals surface area contributed by atoms with Gasteiger partial charge in [0.15, 0.2) is 0 Å². The summed E-state index contributed by atoms with van der Waals surface area (Å²) in [6.45, 7) is 0. The van der Waals surface area contributed by atoms with Crippen LogP contribution in [-0.4, -0.2) is 0 Å². The van der Waals surface area contributed by atoms with Crippen molar-refractivity contribution in [3.63, 3.8) is 0 Å². The van der Waals surface area contributed by atoms with E-state index in [0.29, 0.717) is 0 Å². The van der Waals surface area contributed by atoms with Crippen LogP contribution in [0.15, 0.2) is 279 Å². The molecule has 0 fully saturated rings. The van der Waals surface area contributed by atoms with Crippen LogP contribution in [0.5, 0.6) is 0 Å². The lowest BCUT2D eigenvalue weighted by Crippen LogP contribution is -2.07. The zero-order valence-electron chi connectivity index (χ0n) is 44.0. The van der Waals surface area contributed by atoms with Crippen molar-refractivity contribution in [1.29, 1.82) is 0 Å². The summed E-state index contributed by atoms with van der Waals surface area (Å²) in [5.74, 6) is 0. The molecule has 0 saturated carbocycles. The second kappa shape index (κ2) is 17.7. The largest absolute Gasteiger partial charge is 0.0715 e. The zero-order valence-corrected chi connectivity index (χ0v) is 44.0. The van der Waals surface area contributed by atoms with Crippen LogP contribution in [0.2, 0.25) is 0 Å². The van der Waals surface area contributed by atoms with Crippen molar-refractivity contribution in [2.24, 2.45) is 0 Å². The third-order valence-electron chi connectivity index (χ3n) is 17.8. The molecule has 13 aromatic rings. The van der Waals surface area contributed by atoms with Gasteiger partial charge in [-0.05, 0) is 190 Å². The Morgan fingerprint density at radius 2 is 0.388 bits per heavy atom. The molecule has 0 N–H and O–H groups in total. The van der Waals surface area contributed by atoms with Crippen LogP contribution in [-0.2, 0) is 12.8 Å². The maximum absolute atomic E-state index is 2.61. The summed E-state index contributed by atoms with van der Waals surface area (Å²) in [5.41, 5.74) is 36.4. The third kappa shape index (κ3) is 6.39. The van der Waals surface area contributed by atoms with Crippen molar-refractivity contribution in [2.75, 3.05) is 0 Å². The summed E-state index contributed by atoms with van der Waals surface area (Å²) in [7, 11) is 0. The minimum Gasteiger partial charge on any atom is -0.0715 e. The number of rotatable bonds is 8. The smallest absolute Gasteiger partial charge is 0.000730 e. The summed E-state index contributed by atoms with van der Waals surface area (Å²) in [4.78, 5) is 0. The topological polar surface area (TPSA) is 0 Å². The van der Waals surface area contributed by atoms with Gasteiger partial charge in [0, 0.05) is 0 Å². The fraction of sp³-hybridized carbons (Fsp3) is 0.0250. The molecule has 0 aromatic heterocycles. The highest BCUT2D eigenvalue weighted by molar-refractivity contribution is 6.30. The van der Waals surface area contributed by atoms with Crippen molar-refractivity contribution in [3.8, 4) is 111 Å². The van der Waals surface area contributed by atoms with Crippen molar-refractivity contribution in [2.45, 2.75) is 12.8 Å². The van der Waals surface area contributed by atoms with Crippen molar-refractivity contribution in [1.82, 2.24) is 0 Å². The fourth-order valence-corrected chi connectivity index (χ4v) is 14.8. The van der Waals surface area contributed by atoms with Gasteiger partial charge >= 0.3 is 0 Å². The van der Waals surface area contributed by atoms with Crippen molar-refractivity contribution < 1.29 is 0 Å². The Labute approximate surface area is 466 Å². The van der Waals surface area contributed by atoms with Crippen molar-refractivity contribution >= 4 is 32.7 Å². The third-order valence-corrected chi connectivity index (χ3v) is 17.8. The Hall–Kier alpha value is -10.1. The number of benzene rings is 13. The van der Waals surface area contributed by atoms with Gasteiger partial charge < -0.3 is 0 Å². The minimum absolute atomic E-state index is 0.851. The molecule has 0 amide bonds. The molecule has 370 valence electrons. The lowest BCUT2D eigenvalue weighted by atomic mass is 9.75. The maximum Gasteiger partial charge on any atom is -0.000730 e. The van der Waals surface area contributed by atoms with E-state index in [4.69, 9.17) is 0 Å². The Morgan fingerprint density at radius 1 is 0.175 bits per heavy atom. The first kappa shape index (κ1) is 44.9. The van der Waals surface area contributed by atoms with E-state index in [-0.39, 0.29) is 0 Å². The average Bonchev–Trinajstić information content (AvgIpc) is 3.07. The molecule has 80 heavy (non-hydrogen) atoms. The summed E-state index contributed by atoms with van der Waals surface area (Å²) in [6.07, 6.45) is 6.93. The van der Waals surface area contributed by atoms with E-state index >= 15 is 0 Å². The molecule has 0 atom stereocenters. The van der Waals surface area contributed by atoms with Gasteiger partial charge in [-0.1, -0.05) is 279 Å². The summed E-state index contributed by atoms with van der Waals surface area (Å²) in [5, 5.41) is 5.51. The zero-order chi connectivity index (χ0) is 52.4. The molecular formula is C80H50. The molecule has 0 spiro atoms. The van der Waals surface area contributed by atoms with Crippen LogP contribution in [0.3, 0.4) is 0 Å². The summed E-state index contributed by atoms with van der Waals surface area (Å²) < 4.78 is 0. The van der Waals surface area contributed by atoms with Gasteiger partial charge in [-0.2, -0.15) is 0 Å². The van der Waals surface area contributed by atoms with Crippen LogP contribution in [0.1, 0.15) is 33.4 Å². The molecular weight excluding hydrogens is 961 g/mol. The molecule has 17 rings (SSSR count). The predicted octanol–water partition coefficient (Wildman–Crippen LogP) is 21.3. The molecule has 4 aliphatic carbocycles. The predicted molar refractivity (Wildman–Crippen MR) is 337 cm³/mol. The van der Waals surface area contributed by atoms with Gasteiger partial charge in [0.05, 0.1) is 0 Å². The second-order valence-corrected chi connectivity index (χ2v) is 21.9. The quantitative estimate of drug-likeness (QED) is 0.133. The Balaban J connectivity index is 0.990. The van der Waals surface area contributed by atoms with Crippen molar-refractivity contribution in [3.05, 3.63) is 312 Å². The van der Waals surface area contributed by atoms with Gasteiger partial charge in [-0.15, -0.1) is 0 Å². The van der Waals surface area contributed by atoms with E-state index in [1.165, 1.54) is 177 Å². The molecule has 0 heterocycles. The lowest BCUT2D eigenvalue weighted by Gasteiger charge is -2.27. The summed E-state index contributed by atoms with van der Waals surface area (Å²) in [6, 6.07) is 99.5. The Kier molecular flexibility index (Phi) is 9.94. The molecule has 0 saturated heterocycles. The molecule has 0 radical (unpaired) electrons. The molecule has 4 aliphatic rings. The van der Waals surface area contributed by atoms with E-state index in [0.717, 1.165) is 12.8 Å². The van der Waals surface area contributed by atoms with Gasteiger partial charge in [-0.3, -0.25) is 0 Å². The number of hydrogen-bond acceptors (Lipinski definition) is 0. The van der Waals surface area contributed by atoms with Crippen LogP contribution in [0.4, 0.5) is 0 Å². The fourth-order valence-electron chi connectivity index (χ4n) is 14.8. The van der Waals surface area contributed by atoms with E-state index in [1.807, 2.05) is 0 Å². The Morgan fingerprint density at radius 3 is 0.625 bits per heavy atom. The summed E-state index contributed by atoms with van der Waals surface area (Å²) >= 11 is 0. The highest BCUT2D eigenvalue weighted by atomic mass is 14.4. The number of allylic oxidation sites excluding steroid dienone is 2. The normalized spacial score (nSPS) is 13.1. The van der Waals surface area contributed by atoms with Gasteiger partial charge in [0.2, 0.25) is 0 Å². The molecule has 0 aliphatic heterocycles. The van der Waals surface area contributed by atoms with Gasteiger partial charge in [0.25, 0.3) is 0 Å². The first-order valence-electron chi connectivity index (χ1n) is 28.2. The van der Waals surface area contributed by atoms with Gasteiger partial charge in [0.1, 0.15) is 0 Å². The van der Waals surface area contributed by atoms with Gasteiger partial charge in [-0.25, -0.2) is 0 Å². The highest BCUT2D eigenvalue weighted by Crippen LogP contribution is 2.65. The molecule has 0 bridgehead atoms. The maximum atomic E-state index is 2.61. The average molecular weight is 1010 g/mol. The number of fused-ring (bicyclic) bond motifs is 8. The molecule has 13 aromatic carbocycles. The van der Waals surface area contributed by atoms with Crippen LogP contribution in [0.25, 0.3) is 144 Å². The van der Waals surface area contributed by atoms with E-state index in [2.05, 4.69) is 279 Å². The van der Waals surface area contributed by atoms with Crippen LogP contribution < -0.4 is 0 Å². The second-order valence-electron chi connectivity index (χ2n) is 21.9. The van der Waals surface area contributed by atoms with Crippen LogP contribution >= 0.6 is 0 Å². The minimum atomic E-state index is 0.851. The van der Waals surface area contributed by atoms with E-state index < -0.39 is 0 Å². The molecule has 0 nitrogen and oxygen atoms in total. The first-order chi connectivity index (χ1) is 39.8. The standard InChI is InChI=1S/C80H50/c1-9-25-49(26-10-1)65-66(50-27-11-2-12-28-50)70(54-35-19-6-20-36-54)78-62-46-42-58-60-44-48-64-76-63(47-43-59(74(60)76)57-41-45-61(75(62)73(57)58)77(78)69(65)53-33-17-5-18-34-53)79-71(55-37-21-7-22-38-55)67(51-29-13-3-14-30-51)68(52-31-15-4-16-32-52)72(80(64)79)56-39-23-8-24-40-56/h1-41,43,45-48H,42,44H2. The van der Waals surface area contributed by atoms with E-state index in [9.17, 15) is 0 Å². The Bertz CT molecular complexity index is 4460. The number of hydrogen-bond donors (Lipinski definition) is 0. The van der Waals surface area contributed by atoms with E-state index in [1.54, 1.807) is 0 Å². The first-order valence-corrected chi connectivity index (χ1v) is 28.2. The molecule has 0 heteroatoms. The SMILES string of the molecule is C1=C2c3c(-c4ccccc4)c(-c4ccccc4)c(-c4ccccc4)c(-c4ccccc4)c3-c3ccc4c(c(c5c6c7c(ccc64)-c4c(c(-c6ccccc6)c(-c6ccccc6)c(-c6ccccc6)c4-c4ccccc4)C7=CC5)C1)c32.